The fourth-order valence-corrected chi connectivity index (χ4v) is 2.62. The second-order valence-corrected chi connectivity index (χ2v) is 5.15. The van der Waals surface area contributed by atoms with Gasteiger partial charge >= 0.3 is 0 Å². The fraction of sp³-hybridized carbons (Fsp3) is 0.500. The first-order valence-electron chi connectivity index (χ1n) is 5.21. The molecule has 16 heavy (non-hydrogen) atoms. The summed E-state index contributed by atoms with van der Waals surface area (Å²) >= 11 is 3.17. The van der Waals surface area contributed by atoms with Gasteiger partial charge in [-0.3, -0.25) is 0 Å². The van der Waals surface area contributed by atoms with E-state index in [0.717, 1.165) is 30.3 Å². The molecule has 6 heteroatoms. The Balaban J connectivity index is 1.90. The highest BCUT2D eigenvalue weighted by molar-refractivity contribution is 7.10. The molecule has 0 unspecified atom stereocenters. The van der Waals surface area contributed by atoms with Crippen molar-refractivity contribution in [2.45, 2.75) is 19.8 Å². The maximum atomic E-state index is 4.44. The molecule has 0 saturated carbocycles. The molecule has 2 rings (SSSR count). The van der Waals surface area contributed by atoms with E-state index in [0.29, 0.717) is 0 Å². The number of thiazole rings is 1. The Hall–Kier alpha value is -1.01. The Labute approximate surface area is 103 Å². The molecule has 0 fully saturated rings. The molecule has 0 radical (unpaired) electrons. The Morgan fingerprint density at radius 2 is 2.31 bits per heavy atom. The first-order valence-corrected chi connectivity index (χ1v) is 6.87. The van der Waals surface area contributed by atoms with Crippen LogP contribution < -0.4 is 4.90 Å². The van der Waals surface area contributed by atoms with Crippen LogP contribution in [0, 0.1) is 0 Å². The number of aromatic nitrogens is 3. The van der Waals surface area contributed by atoms with Crippen LogP contribution in [-0.2, 0) is 12.8 Å². The van der Waals surface area contributed by atoms with Crippen LogP contribution in [0.3, 0.4) is 0 Å². The van der Waals surface area contributed by atoms with Crippen LogP contribution in [0.2, 0.25) is 0 Å². The molecule has 0 aliphatic carbocycles. The van der Waals surface area contributed by atoms with E-state index in [1.165, 1.54) is 16.5 Å². The van der Waals surface area contributed by atoms with Crippen molar-refractivity contribution < 1.29 is 0 Å². The van der Waals surface area contributed by atoms with Crippen LogP contribution in [0.25, 0.3) is 0 Å². The van der Waals surface area contributed by atoms with Gasteiger partial charge in [0.05, 0.1) is 5.01 Å². The number of likely N-dealkylation sites (N-methyl/N-ethyl adjacent to an activating group) is 1. The summed E-state index contributed by atoms with van der Waals surface area (Å²) in [5.41, 5.74) is 0. The molecule has 2 aromatic rings. The zero-order valence-corrected chi connectivity index (χ0v) is 11.0. The molecule has 0 amide bonds. The van der Waals surface area contributed by atoms with Crippen molar-refractivity contribution in [1.82, 2.24) is 14.3 Å². The molecule has 2 heterocycles. The van der Waals surface area contributed by atoms with Crippen molar-refractivity contribution in [2.24, 2.45) is 0 Å². The summed E-state index contributed by atoms with van der Waals surface area (Å²) in [6, 6.07) is 0. The number of hydrogen-bond acceptors (Lipinski definition) is 6. The normalized spacial score (nSPS) is 10.6. The lowest BCUT2D eigenvalue weighted by Crippen LogP contribution is -2.20. The van der Waals surface area contributed by atoms with Crippen LogP contribution in [0.1, 0.15) is 17.8 Å². The van der Waals surface area contributed by atoms with Crippen LogP contribution in [0.15, 0.2) is 11.6 Å². The SMILES string of the molecule is CCc1nsc(N(C)CCc2nccs2)n1. The van der Waals surface area contributed by atoms with Gasteiger partial charge in [0.25, 0.3) is 0 Å². The molecule has 4 nitrogen and oxygen atoms in total. The third-order valence-corrected chi connectivity index (χ3v) is 3.95. The maximum absolute atomic E-state index is 4.44. The van der Waals surface area contributed by atoms with E-state index in [9.17, 15) is 0 Å². The summed E-state index contributed by atoms with van der Waals surface area (Å²) in [7, 11) is 2.05. The maximum Gasteiger partial charge on any atom is 0.204 e. The molecule has 0 aromatic carbocycles. The molecule has 0 atom stereocenters. The van der Waals surface area contributed by atoms with Crippen molar-refractivity contribution in [3.05, 3.63) is 22.4 Å². The minimum absolute atomic E-state index is 0.900. The Kier molecular flexibility index (Phi) is 3.84. The molecule has 0 aliphatic heterocycles. The quantitative estimate of drug-likeness (QED) is 0.820. The highest BCUT2D eigenvalue weighted by Gasteiger charge is 2.08. The number of hydrogen-bond donors (Lipinski definition) is 0. The summed E-state index contributed by atoms with van der Waals surface area (Å²) in [4.78, 5) is 10.8. The molecule has 86 valence electrons. The highest BCUT2D eigenvalue weighted by Crippen LogP contribution is 2.16. The van der Waals surface area contributed by atoms with Gasteiger partial charge in [0, 0.05) is 49.5 Å². The van der Waals surface area contributed by atoms with Gasteiger partial charge < -0.3 is 4.90 Å². The largest absolute Gasteiger partial charge is 0.349 e. The van der Waals surface area contributed by atoms with Crippen molar-refractivity contribution in [3.8, 4) is 0 Å². The topological polar surface area (TPSA) is 41.9 Å². The third kappa shape index (κ3) is 2.76. The number of aryl methyl sites for hydroxylation is 1. The van der Waals surface area contributed by atoms with Gasteiger partial charge in [0.2, 0.25) is 5.13 Å². The second kappa shape index (κ2) is 5.36. The van der Waals surface area contributed by atoms with Gasteiger partial charge in [-0.25, -0.2) is 9.97 Å². The summed E-state index contributed by atoms with van der Waals surface area (Å²) in [5.74, 6) is 0.932. The minimum Gasteiger partial charge on any atom is -0.349 e. The van der Waals surface area contributed by atoms with Gasteiger partial charge in [-0.1, -0.05) is 6.92 Å². The first-order chi connectivity index (χ1) is 7.79. The van der Waals surface area contributed by atoms with Gasteiger partial charge in [-0.05, 0) is 0 Å². The molecule has 0 N–H and O–H groups in total. The second-order valence-electron chi connectivity index (χ2n) is 3.44. The zero-order valence-electron chi connectivity index (χ0n) is 9.38. The van der Waals surface area contributed by atoms with Crippen LogP contribution in [0.5, 0.6) is 0 Å². The number of rotatable bonds is 5. The Morgan fingerprint density at radius 3 is 2.94 bits per heavy atom. The molecule has 0 aliphatic rings. The number of nitrogens with zero attached hydrogens (tertiary/aromatic N) is 4. The van der Waals surface area contributed by atoms with Gasteiger partial charge in [-0.2, -0.15) is 4.37 Å². The summed E-state index contributed by atoms with van der Waals surface area (Å²) in [6.45, 7) is 3.01. The third-order valence-electron chi connectivity index (χ3n) is 2.24. The van der Waals surface area contributed by atoms with Crippen molar-refractivity contribution >= 4 is 28.0 Å². The van der Waals surface area contributed by atoms with E-state index in [1.54, 1.807) is 11.3 Å². The van der Waals surface area contributed by atoms with Crippen LogP contribution >= 0.6 is 22.9 Å². The summed E-state index contributed by atoms with van der Waals surface area (Å²) < 4.78 is 4.28. The van der Waals surface area contributed by atoms with E-state index in [1.807, 2.05) is 18.6 Å². The van der Waals surface area contributed by atoms with Crippen molar-refractivity contribution in [3.63, 3.8) is 0 Å². The first kappa shape index (κ1) is 11.5. The molecule has 2 aromatic heterocycles. The lowest BCUT2D eigenvalue weighted by Gasteiger charge is -2.13. The number of anilines is 1. The highest BCUT2D eigenvalue weighted by atomic mass is 32.1. The fourth-order valence-electron chi connectivity index (χ4n) is 1.28. The molecular weight excluding hydrogens is 240 g/mol. The Morgan fingerprint density at radius 1 is 1.44 bits per heavy atom. The minimum atomic E-state index is 0.900. The van der Waals surface area contributed by atoms with E-state index in [4.69, 9.17) is 0 Å². The Bertz CT molecular complexity index is 424. The zero-order chi connectivity index (χ0) is 11.4. The molecule has 0 saturated heterocycles. The monoisotopic (exact) mass is 254 g/mol. The average Bonchev–Trinajstić information content (AvgIpc) is 2.96. The molecular formula is C10H14N4S2. The summed E-state index contributed by atoms with van der Waals surface area (Å²) in [6.07, 6.45) is 3.71. The van der Waals surface area contributed by atoms with E-state index >= 15 is 0 Å². The van der Waals surface area contributed by atoms with Crippen LogP contribution in [-0.4, -0.2) is 27.9 Å². The van der Waals surface area contributed by atoms with Gasteiger partial charge in [-0.15, -0.1) is 11.3 Å². The van der Waals surface area contributed by atoms with E-state index in [2.05, 4.69) is 26.2 Å². The molecule has 0 bridgehead atoms. The smallest absolute Gasteiger partial charge is 0.204 e. The van der Waals surface area contributed by atoms with Crippen molar-refractivity contribution in [1.29, 1.82) is 0 Å². The molecule has 0 spiro atoms. The lowest BCUT2D eigenvalue weighted by molar-refractivity contribution is 0.857. The van der Waals surface area contributed by atoms with E-state index in [-0.39, 0.29) is 0 Å². The summed E-state index contributed by atoms with van der Waals surface area (Å²) in [5, 5.41) is 4.18. The van der Waals surface area contributed by atoms with Gasteiger partial charge in [0.15, 0.2) is 0 Å². The van der Waals surface area contributed by atoms with Gasteiger partial charge in [0.1, 0.15) is 5.82 Å². The van der Waals surface area contributed by atoms with E-state index < -0.39 is 0 Å². The average molecular weight is 254 g/mol. The predicted molar refractivity (Wildman–Crippen MR) is 68.4 cm³/mol. The lowest BCUT2D eigenvalue weighted by atomic mass is 10.4. The standard InChI is InChI=1S/C10H14N4S2/c1-3-8-12-10(16-13-8)14(2)6-4-9-11-5-7-15-9/h5,7H,3-4,6H2,1-2H3. The predicted octanol–water partition coefficient (Wildman–Crippen LogP) is 2.24. The van der Waals surface area contributed by atoms with Crippen LogP contribution in [0.4, 0.5) is 5.13 Å². The van der Waals surface area contributed by atoms with Crippen molar-refractivity contribution in [2.75, 3.05) is 18.5 Å².